The quantitative estimate of drug-likeness (QED) is 0.598. The van der Waals surface area contributed by atoms with E-state index in [0.29, 0.717) is 17.4 Å². The molecule has 1 unspecified atom stereocenters. The molecule has 0 aliphatic rings. The molecule has 0 aromatic carbocycles. The van der Waals surface area contributed by atoms with Gasteiger partial charge in [-0.1, -0.05) is 13.8 Å². The number of aryl methyl sites for hydroxylation is 1. The molecule has 0 aliphatic carbocycles. The van der Waals surface area contributed by atoms with Gasteiger partial charge in [0, 0.05) is 6.07 Å². The number of nitrogens with zero attached hydrogens (tertiary/aromatic N) is 2. The first-order valence-corrected chi connectivity index (χ1v) is 5.93. The Balaban J connectivity index is 2.78. The highest BCUT2D eigenvalue weighted by atomic mass is 16.6. The molecule has 0 bridgehead atoms. The molecular formula is C12H19N3O3. The van der Waals surface area contributed by atoms with Gasteiger partial charge in [0.15, 0.2) is 0 Å². The monoisotopic (exact) mass is 253 g/mol. The molecule has 1 rings (SSSR count). The minimum Gasteiger partial charge on any atom is -0.394 e. The summed E-state index contributed by atoms with van der Waals surface area (Å²) in [6, 6.07) is 2.90. The van der Waals surface area contributed by atoms with Crippen molar-refractivity contribution in [2.75, 3.05) is 11.9 Å². The molecule has 1 aromatic heterocycles. The summed E-state index contributed by atoms with van der Waals surface area (Å²) in [4.78, 5) is 14.3. The number of hydrogen-bond acceptors (Lipinski definition) is 5. The van der Waals surface area contributed by atoms with Crippen LogP contribution < -0.4 is 5.32 Å². The Kier molecular flexibility index (Phi) is 5.03. The molecule has 100 valence electrons. The lowest BCUT2D eigenvalue weighted by atomic mass is 10.0. The van der Waals surface area contributed by atoms with Crippen molar-refractivity contribution in [2.24, 2.45) is 5.92 Å². The first kappa shape index (κ1) is 14.4. The van der Waals surface area contributed by atoms with Gasteiger partial charge in [-0.2, -0.15) is 0 Å². The third-order valence-electron chi connectivity index (χ3n) is 2.58. The van der Waals surface area contributed by atoms with Crippen LogP contribution in [-0.4, -0.2) is 27.7 Å². The molecule has 1 heterocycles. The molecule has 6 nitrogen and oxygen atoms in total. The lowest BCUT2D eigenvalue weighted by Gasteiger charge is -2.18. The fourth-order valence-electron chi connectivity index (χ4n) is 1.78. The van der Waals surface area contributed by atoms with Gasteiger partial charge in [0.25, 0.3) is 5.69 Å². The predicted octanol–water partition coefficient (Wildman–Crippen LogP) is 2.12. The molecule has 0 saturated heterocycles. The number of rotatable bonds is 6. The van der Waals surface area contributed by atoms with Gasteiger partial charge in [-0.3, -0.25) is 10.1 Å². The fourth-order valence-corrected chi connectivity index (χ4v) is 1.78. The summed E-state index contributed by atoms with van der Waals surface area (Å²) in [6.45, 7) is 5.74. The van der Waals surface area contributed by atoms with Crippen molar-refractivity contribution in [3.63, 3.8) is 0 Å². The second-order valence-electron chi connectivity index (χ2n) is 4.71. The molecule has 0 radical (unpaired) electrons. The van der Waals surface area contributed by atoms with Crippen LogP contribution in [0.4, 0.5) is 11.5 Å². The van der Waals surface area contributed by atoms with Gasteiger partial charge in [-0.15, -0.1) is 0 Å². The second kappa shape index (κ2) is 6.30. The molecule has 18 heavy (non-hydrogen) atoms. The van der Waals surface area contributed by atoms with Crippen LogP contribution in [0.25, 0.3) is 0 Å². The van der Waals surface area contributed by atoms with Crippen molar-refractivity contribution in [3.05, 3.63) is 27.9 Å². The SMILES string of the molecule is Cc1nc(NC(CO)CC(C)C)ccc1[N+](=O)[O-]. The molecule has 1 aromatic rings. The fraction of sp³-hybridized carbons (Fsp3) is 0.583. The number of nitro groups is 1. The summed E-state index contributed by atoms with van der Waals surface area (Å²) in [5.41, 5.74) is 0.371. The highest BCUT2D eigenvalue weighted by molar-refractivity contribution is 5.45. The van der Waals surface area contributed by atoms with Crippen molar-refractivity contribution in [1.29, 1.82) is 0 Å². The predicted molar refractivity (Wildman–Crippen MR) is 69.6 cm³/mol. The van der Waals surface area contributed by atoms with E-state index in [0.717, 1.165) is 6.42 Å². The lowest BCUT2D eigenvalue weighted by molar-refractivity contribution is -0.385. The summed E-state index contributed by atoms with van der Waals surface area (Å²) < 4.78 is 0. The third kappa shape index (κ3) is 3.96. The van der Waals surface area contributed by atoms with E-state index >= 15 is 0 Å². The summed E-state index contributed by atoms with van der Waals surface area (Å²) in [5.74, 6) is 1.01. The van der Waals surface area contributed by atoms with Crippen molar-refractivity contribution >= 4 is 11.5 Å². The maximum Gasteiger partial charge on any atom is 0.290 e. The topological polar surface area (TPSA) is 88.3 Å². The number of nitrogens with one attached hydrogen (secondary N) is 1. The van der Waals surface area contributed by atoms with Gasteiger partial charge in [0.05, 0.1) is 17.6 Å². The molecule has 0 spiro atoms. The summed E-state index contributed by atoms with van der Waals surface area (Å²) in [6.07, 6.45) is 0.814. The number of hydrogen-bond donors (Lipinski definition) is 2. The van der Waals surface area contributed by atoms with Gasteiger partial charge in [0.1, 0.15) is 11.5 Å². The summed E-state index contributed by atoms with van der Waals surface area (Å²) in [7, 11) is 0. The number of aliphatic hydroxyl groups is 1. The number of aromatic nitrogens is 1. The van der Waals surface area contributed by atoms with E-state index in [1.807, 2.05) is 0 Å². The molecule has 0 amide bonds. The van der Waals surface area contributed by atoms with Crippen LogP contribution in [0.3, 0.4) is 0 Å². The summed E-state index contributed by atoms with van der Waals surface area (Å²) in [5, 5.41) is 23.0. The molecule has 6 heteroatoms. The van der Waals surface area contributed by atoms with E-state index in [9.17, 15) is 15.2 Å². The number of aliphatic hydroxyl groups excluding tert-OH is 1. The molecule has 0 saturated carbocycles. The average molecular weight is 253 g/mol. The van der Waals surface area contributed by atoms with Crippen LogP contribution in [0.5, 0.6) is 0 Å². The van der Waals surface area contributed by atoms with Gasteiger partial charge in [-0.25, -0.2) is 4.98 Å². The smallest absolute Gasteiger partial charge is 0.290 e. The maximum absolute atomic E-state index is 10.7. The first-order chi connectivity index (χ1) is 8.43. The Morgan fingerprint density at radius 3 is 2.61 bits per heavy atom. The minimum absolute atomic E-state index is 0.00459. The van der Waals surface area contributed by atoms with Gasteiger partial charge in [-0.05, 0) is 25.3 Å². The van der Waals surface area contributed by atoms with E-state index in [1.165, 1.54) is 6.07 Å². The van der Waals surface area contributed by atoms with Crippen LogP contribution in [-0.2, 0) is 0 Å². The normalized spacial score (nSPS) is 12.5. The first-order valence-electron chi connectivity index (χ1n) is 5.93. The average Bonchev–Trinajstić information content (AvgIpc) is 2.27. The van der Waals surface area contributed by atoms with Crippen LogP contribution in [0.1, 0.15) is 26.0 Å². The molecule has 1 atom stereocenters. The zero-order chi connectivity index (χ0) is 13.7. The van der Waals surface area contributed by atoms with Crippen LogP contribution in [0.2, 0.25) is 0 Å². The molecular weight excluding hydrogens is 234 g/mol. The van der Waals surface area contributed by atoms with Gasteiger partial charge < -0.3 is 10.4 Å². The van der Waals surface area contributed by atoms with Gasteiger partial charge >= 0.3 is 0 Å². The highest BCUT2D eigenvalue weighted by Crippen LogP contribution is 2.19. The summed E-state index contributed by atoms with van der Waals surface area (Å²) >= 11 is 0. The van der Waals surface area contributed by atoms with Gasteiger partial charge in [0.2, 0.25) is 0 Å². The minimum atomic E-state index is -0.455. The van der Waals surface area contributed by atoms with Crippen molar-refractivity contribution in [1.82, 2.24) is 4.98 Å². The standard InChI is InChI=1S/C12H19N3O3/c1-8(2)6-10(7-16)14-12-5-4-11(15(17)18)9(3)13-12/h4-5,8,10,16H,6-7H2,1-3H3,(H,13,14). The zero-order valence-electron chi connectivity index (χ0n) is 10.9. The largest absolute Gasteiger partial charge is 0.394 e. The Labute approximate surface area is 106 Å². The number of pyridine rings is 1. The highest BCUT2D eigenvalue weighted by Gasteiger charge is 2.14. The Bertz CT molecular complexity index is 421. The Morgan fingerprint density at radius 2 is 2.17 bits per heavy atom. The second-order valence-corrected chi connectivity index (χ2v) is 4.71. The van der Waals surface area contributed by atoms with Crippen molar-refractivity contribution < 1.29 is 10.0 Å². The Morgan fingerprint density at radius 1 is 1.50 bits per heavy atom. The van der Waals surface area contributed by atoms with Crippen LogP contribution in [0.15, 0.2) is 12.1 Å². The van der Waals surface area contributed by atoms with Crippen LogP contribution in [0, 0.1) is 23.0 Å². The van der Waals surface area contributed by atoms with E-state index in [-0.39, 0.29) is 18.3 Å². The van der Waals surface area contributed by atoms with E-state index in [2.05, 4.69) is 24.1 Å². The zero-order valence-corrected chi connectivity index (χ0v) is 10.9. The molecule has 0 aliphatic heterocycles. The van der Waals surface area contributed by atoms with Crippen molar-refractivity contribution in [2.45, 2.75) is 33.2 Å². The lowest BCUT2D eigenvalue weighted by Crippen LogP contribution is -2.26. The van der Waals surface area contributed by atoms with E-state index in [1.54, 1.807) is 13.0 Å². The maximum atomic E-state index is 10.7. The third-order valence-corrected chi connectivity index (χ3v) is 2.58. The van der Waals surface area contributed by atoms with E-state index < -0.39 is 4.92 Å². The van der Waals surface area contributed by atoms with Crippen LogP contribution >= 0.6 is 0 Å². The molecule has 2 N–H and O–H groups in total. The molecule has 0 fully saturated rings. The van der Waals surface area contributed by atoms with E-state index in [4.69, 9.17) is 0 Å². The van der Waals surface area contributed by atoms with Crippen molar-refractivity contribution in [3.8, 4) is 0 Å². The number of anilines is 1. The Hall–Kier alpha value is -1.69.